The van der Waals surface area contributed by atoms with E-state index in [4.69, 9.17) is 10.1 Å². The summed E-state index contributed by atoms with van der Waals surface area (Å²) in [5.41, 5.74) is 5.28. The number of aryl methyl sites for hydroxylation is 1. The van der Waals surface area contributed by atoms with Crippen LogP contribution >= 0.6 is 0 Å². The number of piperidine rings is 1. The van der Waals surface area contributed by atoms with Gasteiger partial charge in [0, 0.05) is 30.1 Å². The van der Waals surface area contributed by atoms with Crippen molar-refractivity contribution in [3.63, 3.8) is 0 Å². The molecule has 1 saturated heterocycles. The van der Waals surface area contributed by atoms with Crippen LogP contribution in [-0.4, -0.2) is 33.9 Å². The minimum absolute atomic E-state index is 0.0930. The summed E-state index contributed by atoms with van der Waals surface area (Å²) in [7, 11) is 0. The molecule has 2 aromatic rings. The molecule has 1 aliphatic heterocycles. The highest BCUT2D eigenvalue weighted by Gasteiger charge is 2.42. The van der Waals surface area contributed by atoms with Gasteiger partial charge in [-0.25, -0.2) is 9.50 Å². The lowest BCUT2D eigenvalue weighted by Crippen LogP contribution is -2.35. The van der Waals surface area contributed by atoms with Gasteiger partial charge in [0.1, 0.15) is 0 Å². The first-order valence-electron chi connectivity index (χ1n) is 11.0. The van der Waals surface area contributed by atoms with Gasteiger partial charge in [0.2, 0.25) is 0 Å². The molecule has 0 aromatic carbocycles. The highest BCUT2D eigenvalue weighted by molar-refractivity contribution is 5.47. The molecular weight excluding hydrogens is 377 g/mol. The number of nitrogens with zero attached hydrogens (tertiary/aromatic N) is 3. The Hall–Kier alpha value is -1.63. The minimum Gasteiger partial charge on any atom is -0.316 e. The van der Waals surface area contributed by atoms with Gasteiger partial charge >= 0.3 is 6.18 Å². The fourth-order valence-electron chi connectivity index (χ4n) is 5.29. The highest BCUT2D eigenvalue weighted by Crippen LogP contribution is 2.43. The maximum Gasteiger partial charge on any atom is 0.391 e. The SMILES string of the molecule is CCc1c(C)nc2cc(C3CCC(C(F)(F)F)CC3)nn2c1[C@@H]1CNCC[C@@H]1C. The summed E-state index contributed by atoms with van der Waals surface area (Å²) >= 11 is 0. The molecule has 4 rings (SSSR count). The van der Waals surface area contributed by atoms with Crippen LogP contribution in [0.1, 0.15) is 80.4 Å². The van der Waals surface area contributed by atoms with Crippen molar-refractivity contribution in [1.82, 2.24) is 19.9 Å². The maximum absolute atomic E-state index is 13.0. The summed E-state index contributed by atoms with van der Waals surface area (Å²) in [6.07, 6.45) is -0.549. The zero-order valence-electron chi connectivity index (χ0n) is 17.5. The summed E-state index contributed by atoms with van der Waals surface area (Å²) in [6, 6.07) is 2.01. The van der Waals surface area contributed by atoms with Crippen molar-refractivity contribution >= 4 is 5.65 Å². The number of aromatic nitrogens is 3. The van der Waals surface area contributed by atoms with E-state index in [0.717, 1.165) is 43.0 Å². The first-order chi connectivity index (χ1) is 13.8. The molecule has 160 valence electrons. The van der Waals surface area contributed by atoms with Gasteiger partial charge in [0.05, 0.1) is 17.3 Å². The Morgan fingerprint density at radius 1 is 1.17 bits per heavy atom. The van der Waals surface area contributed by atoms with E-state index in [1.807, 2.05) is 10.6 Å². The zero-order valence-corrected chi connectivity index (χ0v) is 17.5. The van der Waals surface area contributed by atoms with Gasteiger partial charge < -0.3 is 5.32 Å². The molecule has 2 atom stereocenters. The van der Waals surface area contributed by atoms with Crippen molar-refractivity contribution in [2.24, 2.45) is 11.8 Å². The second-order valence-corrected chi connectivity index (χ2v) is 8.92. The number of alkyl halides is 3. The molecule has 0 radical (unpaired) electrons. The first kappa shape index (κ1) is 20.6. The predicted octanol–water partition coefficient (Wildman–Crippen LogP) is 5.15. The number of nitrogens with one attached hydrogen (secondary N) is 1. The van der Waals surface area contributed by atoms with Crippen LogP contribution in [0.4, 0.5) is 13.2 Å². The summed E-state index contributed by atoms with van der Waals surface area (Å²) in [5, 5.41) is 8.45. The monoisotopic (exact) mass is 408 g/mol. The van der Waals surface area contributed by atoms with Crippen LogP contribution < -0.4 is 5.32 Å². The van der Waals surface area contributed by atoms with Crippen molar-refractivity contribution in [2.45, 2.75) is 77.3 Å². The van der Waals surface area contributed by atoms with Gasteiger partial charge in [-0.05, 0) is 63.5 Å². The third-order valence-electron chi connectivity index (χ3n) is 7.11. The Kier molecular flexibility index (Phi) is 5.62. The van der Waals surface area contributed by atoms with E-state index < -0.39 is 12.1 Å². The van der Waals surface area contributed by atoms with Crippen LogP contribution in [0.3, 0.4) is 0 Å². The standard InChI is InChI=1S/C22H31F3N4/c1-4-17-14(3)27-20-11-19(15-5-7-16(8-6-15)22(23,24)25)28-29(20)21(17)18-12-26-10-9-13(18)2/h11,13,15-16,18,26H,4-10,12H2,1-3H3/t13-,15?,16?,18+/m0/s1. The molecular formula is C22H31F3N4. The van der Waals surface area contributed by atoms with Crippen LogP contribution in [0.2, 0.25) is 0 Å². The topological polar surface area (TPSA) is 42.2 Å². The number of hydrogen-bond donors (Lipinski definition) is 1. The van der Waals surface area contributed by atoms with Crippen LogP contribution in [0, 0.1) is 18.8 Å². The van der Waals surface area contributed by atoms with E-state index in [9.17, 15) is 13.2 Å². The molecule has 1 N–H and O–H groups in total. The van der Waals surface area contributed by atoms with Crippen LogP contribution in [-0.2, 0) is 6.42 Å². The largest absolute Gasteiger partial charge is 0.391 e. The lowest BCUT2D eigenvalue weighted by Gasteiger charge is -2.31. The molecule has 0 bridgehead atoms. The fraction of sp³-hybridized carbons (Fsp3) is 0.727. The average molecular weight is 409 g/mol. The van der Waals surface area contributed by atoms with Gasteiger partial charge in [-0.15, -0.1) is 0 Å². The molecule has 0 amide bonds. The smallest absolute Gasteiger partial charge is 0.316 e. The van der Waals surface area contributed by atoms with Gasteiger partial charge in [-0.2, -0.15) is 18.3 Å². The average Bonchev–Trinajstić information content (AvgIpc) is 3.10. The number of halogens is 3. The first-order valence-corrected chi connectivity index (χ1v) is 11.0. The van der Waals surface area contributed by atoms with Gasteiger partial charge in [-0.1, -0.05) is 13.8 Å². The summed E-state index contributed by atoms with van der Waals surface area (Å²) in [5.74, 6) is -0.138. The summed E-state index contributed by atoms with van der Waals surface area (Å²) in [6.45, 7) is 8.49. The Morgan fingerprint density at radius 3 is 2.52 bits per heavy atom. The van der Waals surface area contributed by atoms with Gasteiger partial charge in [0.15, 0.2) is 5.65 Å². The minimum atomic E-state index is -4.07. The van der Waals surface area contributed by atoms with E-state index in [0.29, 0.717) is 24.7 Å². The fourth-order valence-corrected chi connectivity index (χ4v) is 5.29. The highest BCUT2D eigenvalue weighted by atomic mass is 19.4. The Bertz CT molecular complexity index is 865. The Balaban J connectivity index is 1.70. The van der Waals surface area contributed by atoms with Gasteiger partial charge in [-0.3, -0.25) is 0 Å². The van der Waals surface area contributed by atoms with Crippen molar-refractivity contribution in [3.8, 4) is 0 Å². The maximum atomic E-state index is 13.0. The van der Waals surface area contributed by atoms with E-state index in [2.05, 4.69) is 26.1 Å². The molecule has 2 fully saturated rings. The van der Waals surface area contributed by atoms with Crippen LogP contribution in [0.15, 0.2) is 6.07 Å². The normalized spacial score (nSPS) is 28.8. The lowest BCUT2D eigenvalue weighted by atomic mass is 9.80. The predicted molar refractivity (Wildman–Crippen MR) is 107 cm³/mol. The molecule has 0 unspecified atom stereocenters. The molecule has 7 heteroatoms. The Labute approximate surface area is 170 Å². The Morgan fingerprint density at radius 2 is 1.90 bits per heavy atom. The summed E-state index contributed by atoms with van der Waals surface area (Å²) in [4.78, 5) is 4.80. The molecule has 0 spiro atoms. The van der Waals surface area contributed by atoms with Crippen LogP contribution in [0.25, 0.3) is 5.65 Å². The van der Waals surface area contributed by atoms with Crippen molar-refractivity contribution in [2.75, 3.05) is 13.1 Å². The number of hydrogen-bond acceptors (Lipinski definition) is 3. The second-order valence-electron chi connectivity index (χ2n) is 8.92. The number of rotatable bonds is 3. The second kappa shape index (κ2) is 7.89. The molecule has 29 heavy (non-hydrogen) atoms. The summed E-state index contributed by atoms with van der Waals surface area (Å²) < 4.78 is 41.1. The molecule has 2 aromatic heterocycles. The van der Waals surface area contributed by atoms with E-state index in [1.54, 1.807) is 0 Å². The number of fused-ring (bicyclic) bond motifs is 1. The van der Waals surface area contributed by atoms with E-state index >= 15 is 0 Å². The zero-order chi connectivity index (χ0) is 20.8. The molecule has 3 heterocycles. The van der Waals surface area contributed by atoms with Crippen molar-refractivity contribution in [1.29, 1.82) is 0 Å². The molecule has 4 nitrogen and oxygen atoms in total. The third kappa shape index (κ3) is 3.90. The van der Waals surface area contributed by atoms with E-state index in [1.165, 1.54) is 11.3 Å². The van der Waals surface area contributed by atoms with Crippen molar-refractivity contribution in [3.05, 3.63) is 28.7 Å². The van der Waals surface area contributed by atoms with Gasteiger partial charge in [0.25, 0.3) is 0 Å². The molecule has 1 saturated carbocycles. The van der Waals surface area contributed by atoms with E-state index in [-0.39, 0.29) is 18.8 Å². The molecule has 1 aliphatic carbocycles. The molecule has 2 aliphatic rings. The quantitative estimate of drug-likeness (QED) is 0.764. The third-order valence-corrected chi connectivity index (χ3v) is 7.11. The lowest BCUT2D eigenvalue weighted by molar-refractivity contribution is -0.182. The van der Waals surface area contributed by atoms with Crippen molar-refractivity contribution < 1.29 is 13.2 Å². The van der Waals surface area contributed by atoms with Crippen LogP contribution in [0.5, 0.6) is 0 Å².